The van der Waals surface area contributed by atoms with E-state index in [9.17, 15) is 13.2 Å². The van der Waals surface area contributed by atoms with Gasteiger partial charge in [0.25, 0.3) is 0 Å². The third-order valence-corrected chi connectivity index (χ3v) is 4.12. The molecule has 1 aliphatic carbocycles. The van der Waals surface area contributed by atoms with Crippen LogP contribution in [0.25, 0.3) is 0 Å². The van der Waals surface area contributed by atoms with Crippen LogP contribution < -0.4 is 5.73 Å². The predicted octanol–water partition coefficient (Wildman–Crippen LogP) is 0.498. The SMILES string of the molecule is CC1C=C(S(C)(=O)=O)C(N)=CC1(C)C(=O)O. The van der Waals surface area contributed by atoms with E-state index < -0.39 is 27.1 Å². The van der Waals surface area contributed by atoms with Crippen molar-refractivity contribution in [2.24, 2.45) is 17.1 Å². The minimum Gasteiger partial charge on any atom is -0.481 e. The monoisotopic (exact) mass is 245 g/mol. The highest BCUT2D eigenvalue weighted by Gasteiger charge is 2.40. The van der Waals surface area contributed by atoms with E-state index in [0.717, 1.165) is 6.26 Å². The van der Waals surface area contributed by atoms with Gasteiger partial charge < -0.3 is 10.8 Å². The summed E-state index contributed by atoms with van der Waals surface area (Å²) in [5, 5.41) is 9.10. The molecular formula is C10H15NO4S. The number of carboxylic acids is 1. The Morgan fingerprint density at radius 2 is 2.06 bits per heavy atom. The molecule has 0 aliphatic heterocycles. The second kappa shape index (κ2) is 3.62. The van der Waals surface area contributed by atoms with Crippen molar-refractivity contribution >= 4 is 15.8 Å². The molecule has 0 radical (unpaired) electrons. The molecule has 6 heteroatoms. The highest BCUT2D eigenvalue weighted by molar-refractivity contribution is 7.94. The summed E-state index contributed by atoms with van der Waals surface area (Å²) in [6, 6.07) is 0. The summed E-state index contributed by atoms with van der Waals surface area (Å²) in [6.45, 7) is 3.17. The quantitative estimate of drug-likeness (QED) is 0.738. The molecule has 0 saturated heterocycles. The second-order valence-corrected chi connectivity index (χ2v) is 6.26. The fourth-order valence-corrected chi connectivity index (χ4v) is 2.55. The van der Waals surface area contributed by atoms with E-state index in [4.69, 9.17) is 10.8 Å². The number of carbonyl (C=O) groups is 1. The van der Waals surface area contributed by atoms with Crippen LogP contribution in [-0.2, 0) is 14.6 Å². The Balaban J connectivity index is 3.32. The third-order valence-electron chi connectivity index (χ3n) is 2.95. The van der Waals surface area contributed by atoms with Gasteiger partial charge in [-0.2, -0.15) is 0 Å². The highest BCUT2D eigenvalue weighted by atomic mass is 32.2. The fourth-order valence-electron chi connectivity index (χ4n) is 1.62. The number of sulfone groups is 1. The number of hydrogen-bond donors (Lipinski definition) is 2. The summed E-state index contributed by atoms with van der Waals surface area (Å²) in [6.07, 6.45) is 3.75. The maximum absolute atomic E-state index is 11.4. The molecule has 0 bridgehead atoms. The lowest BCUT2D eigenvalue weighted by Crippen LogP contribution is -2.36. The van der Waals surface area contributed by atoms with Crippen LogP contribution >= 0.6 is 0 Å². The lowest BCUT2D eigenvalue weighted by molar-refractivity contribution is -0.146. The Kier molecular flexibility index (Phi) is 2.89. The Labute approximate surface area is 94.6 Å². The molecule has 5 nitrogen and oxygen atoms in total. The van der Waals surface area contributed by atoms with E-state index in [1.54, 1.807) is 6.92 Å². The van der Waals surface area contributed by atoms with Crippen molar-refractivity contribution in [1.82, 2.24) is 0 Å². The van der Waals surface area contributed by atoms with Crippen molar-refractivity contribution in [2.75, 3.05) is 6.26 Å². The smallest absolute Gasteiger partial charge is 0.313 e. The summed E-state index contributed by atoms with van der Waals surface area (Å²) in [5.74, 6) is -1.45. The first-order valence-electron chi connectivity index (χ1n) is 4.73. The van der Waals surface area contributed by atoms with E-state index in [0.29, 0.717) is 0 Å². The summed E-state index contributed by atoms with van der Waals surface area (Å²) < 4.78 is 22.8. The van der Waals surface area contributed by atoms with Gasteiger partial charge in [0.15, 0.2) is 9.84 Å². The van der Waals surface area contributed by atoms with Crippen molar-refractivity contribution in [1.29, 1.82) is 0 Å². The molecule has 0 heterocycles. The molecule has 0 aromatic rings. The van der Waals surface area contributed by atoms with Gasteiger partial charge in [-0.3, -0.25) is 4.79 Å². The van der Waals surface area contributed by atoms with Crippen LogP contribution in [0.5, 0.6) is 0 Å². The van der Waals surface area contributed by atoms with Crippen molar-refractivity contribution in [3.8, 4) is 0 Å². The van der Waals surface area contributed by atoms with Crippen molar-refractivity contribution in [3.05, 3.63) is 22.8 Å². The zero-order valence-electron chi connectivity index (χ0n) is 9.39. The molecule has 0 aromatic heterocycles. The van der Waals surface area contributed by atoms with Crippen molar-refractivity contribution in [3.63, 3.8) is 0 Å². The molecule has 16 heavy (non-hydrogen) atoms. The Morgan fingerprint density at radius 3 is 2.44 bits per heavy atom. The van der Waals surface area contributed by atoms with Gasteiger partial charge in [0, 0.05) is 12.0 Å². The summed E-state index contributed by atoms with van der Waals surface area (Å²) >= 11 is 0. The lowest BCUT2D eigenvalue weighted by Gasteiger charge is -2.31. The summed E-state index contributed by atoms with van der Waals surface area (Å²) in [4.78, 5) is 11.1. The molecular weight excluding hydrogens is 230 g/mol. The largest absolute Gasteiger partial charge is 0.481 e. The minimum atomic E-state index is -3.41. The van der Waals surface area contributed by atoms with Crippen LogP contribution in [-0.4, -0.2) is 25.7 Å². The average Bonchev–Trinajstić information content (AvgIpc) is 2.09. The standard InChI is InChI=1S/C10H15NO4S/c1-6-4-8(16(3,14)15)7(11)5-10(6,2)9(12)13/h4-6H,11H2,1-3H3,(H,12,13). The first-order valence-corrected chi connectivity index (χ1v) is 6.62. The zero-order chi connectivity index (χ0) is 12.7. The second-order valence-electron chi connectivity index (χ2n) is 4.28. The Bertz CT molecular complexity index is 489. The highest BCUT2D eigenvalue weighted by Crippen LogP contribution is 2.37. The van der Waals surface area contributed by atoms with Gasteiger partial charge in [-0.15, -0.1) is 0 Å². The molecule has 3 N–H and O–H groups in total. The lowest BCUT2D eigenvalue weighted by atomic mass is 9.75. The maximum atomic E-state index is 11.4. The minimum absolute atomic E-state index is 0.00509. The van der Waals surface area contributed by atoms with Crippen LogP contribution in [0.3, 0.4) is 0 Å². The molecule has 0 amide bonds. The Morgan fingerprint density at radius 1 is 1.56 bits per heavy atom. The number of hydrogen-bond acceptors (Lipinski definition) is 4. The van der Waals surface area contributed by atoms with Crippen LogP contribution in [0.2, 0.25) is 0 Å². The molecule has 0 aromatic carbocycles. The molecule has 2 unspecified atom stereocenters. The van der Waals surface area contributed by atoms with Crippen molar-refractivity contribution < 1.29 is 18.3 Å². The average molecular weight is 245 g/mol. The van der Waals surface area contributed by atoms with Gasteiger partial charge in [-0.05, 0) is 18.9 Å². The van der Waals surface area contributed by atoms with Gasteiger partial charge in [0.05, 0.1) is 10.3 Å². The van der Waals surface area contributed by atoms with Gasteiger partial charge in [0.2, 0.25) is 0 Å². The maximum Gasteiger partial charge on any atom is 0.313 e. The number of carboxylic acid groups (broad SMARTS) is 1. The number of allylic oxidation sites excluding steroid dienone is 1. The molecule has 0 spiro atoms. The van der Waals surface area contributed by atoms with E-state index in [2.05, 4.69) is 0 Å². The van der Waals surface area contributed by atoms with Gasteiger partial charge in [-0.1, -0.05) is 13.0 Å². The first kappa shape index (κ1) is 12.8. The van der Waals surface area contributed by atoms with E-state index >= 15 is 0 Å². The van der Waals surface area contributed by atoms with Crippen LogP contribution in [0.15, 0.2) is 22.8 Å². The normalized spacial score (nSPS) is 30.6. The molecule has 90 valence electrons. The van der Waals surface area contributed by atoms with Gasteiger partial charge in [-0.25, -0.2) is 8.42 Å². The van der Waals surface area contributed by atoms with E-state index in [1.807, 2.05) is 0 Å². The number of aliphatic carboxylic acids is 1. The van der Waals surface area contributed by atoms with Crippen LogP contribution in [0, 0.1) is 11.3 Å². The summed E-state index contributed by atoms with van der Waals surface area (Å²) in [5.41, 5.74) is 4.44. The van der Waals surface area contributed by atoms with Gasteiger partial charge in [0.1, 0.15) is 0 Å². The zero-order valence-corrected chi connectivity index (χ0v) is 10.2. The van der Waals surface area contributed by atoms with Gasteiger partial charge >= 0.3 is 5.97 Å². The molecule has 0 fully saturated rings. The molecule has 1 aliphatic rings. The fraction of sp³-hybridized carbons (Fsp3) is 0.500. The molecule has 0 saturated carbocycles. The Hall–Kier alpha value is -1.30. The van der Waals surface area contributed by atoms with E-state index in [1.165, 1.54) is 19.1 Å². The first-order chi connectivity index (χ1) is 7.09. The van der Waals surface area contributed by atoms with E-state index in [-0.39, 0.29) is 10.6 Å². The molecule has 2 atom stereocenters. The third kappa shape index (κ3) is 1.97. The number of rotatable bonds is 2. The number of nitrogens with two attached hydrogens (primary N) is 1. The van der Waals surface area contributed by atoms with Crippen LogP contribution in [0.1, 0.15) is 13.8 Å². The summed E-state index contributed by atoms with van der Waals surface area (Å²) in [7, 11) is -3.41. The van der Waals surface area contributed by atoms with Crippen LogP contribution in [0.4, 0.5) is 0 Å². The van der Waals surface area contributed by atoms with Crippen molar-refractivity contribution in [2.45, 2.75) is 13.8 Å². The molecule has 1 rings (SSSR count). The topological polar surface area (TPSA) is 97.5 Å². The predicted molar refractivity (Wildman–Crippen MR) is 60.1 cm³/mol.